The lowest BCUT2D eigenvalue weighted by Crippen LogP contribution is -2.43. The van der Waals surface area contributed by atoms with Crippen LogP contribution in [0.15, 0.2) is 29.2 Å². The van der Waals surface area contributed by atoms with Crippen LogP contribution in [0.5, 0.6) is 0 Å². The van der Waals surface area contributed by atoms with Crippen molar-refractivity contribution in [2.45, 2.75) is 41.9 Å². The van der Waals surface area contributed by atoms with Gasteiger partial charge in [0.15, 0.2) is 0 Å². The summed E-state index contributed by atoms with van der Waals surface area (Å²) in [5.74, 6) is -4.44. The molecular formula is C13H15F2NO4S. The summed E-state index contributed by atoms with van der Waals surface area (Å²) in [7, 11) is -4.63. The van der Waals surface area contributed by atoms with Crippen LogP contribution in [0.1, 0.15) is 25.7 Å². The van der Waals surface area contributed by atoms with Gasteiger partial charge in [0, 0.05) is 5.69 Å². The number of carboxylic acid groups (broad SMARTS) is 1. The van der Waals surface area contributed by atoms with Gasteiger partial charge in [-0.15, -0.1) is 0 Å². The Kier molecular flexibility index (Phi) is 4.18. The minimum Gasteiger partial charge on any atom is -0.480 e. The molecule has 0 spiro atoms. The van der Waals surface area contributed by atoms with Gasteiger partial charge in [-0.05, 0) is 37.1 Å². The minimum atomic E-state index is -4.63. The SMILES string of the molecule is O=C(O)C1(Nc2ccc(S(=O)(=O)C(F)F)cc2)CCCC1. The Hall–Kier alpha value is -1.70. The number of carboxylic acids is 1. The fourth-order valence-electron chi connectivity index (χ4n) is 2.48. The number of aliphatic carboxylic acids is 1. The van der Waals surface area contributed by atoms with E-state index < -0.39 is 32.0 Å². The molecule has 0 atom stereocenters. The second-order valence-electron chi connectivity index (χ2n) is 5.05. The molecule has 0 aromatic heterocycles. The Morgan fingerprint density at radius 2 is 1.71 bits per heavy atom. The highest BCUT2D eigenvalue weighted by Gasteiger charge is 2.41. The molecule has 1 fully saturated rings. The van der Waals surface area contributed by atoms with E-state index in [-0.39, 0.29) is 0 Å². The smallest absolute Gasteiger partial charge is 0.341 e. The van der Waals surface area contributed by atoms with E-state index in [1.165, 1.54) is 12.1 Å². The molecule has 1 saturated carbocycles. The number of hydrogen-bond acceptors (Lipinski definition) is 4. The lowest BCUT2D eigenvalue weighted by atomic mass is 9.97. The first-order valence-electron chi connectivity index (χ1n) is 6.42. The molecule has 0 bridgehead atoms. The van der Waals surface area contributed by atoms with E-state index >= 15 is 0 Å². The first-order chi connectivity index (χ1) is 9.78. The normalized spacial score (nSPS) is 17.9. The topological polar surface area (TPSA) is 83.5 Å². The number of carbonyl (C=O) groups is 1. The molecule has 2 rings (SSSR count). The minimum absolute atomic E-state index is 0.396. The third-order valence-corrected chi connectivity index (χ3v) is 5.07. The fraction of sp³-hybridized carbons (Fsp3) is 0.462. The molecule has 0 unspecified atom stereocenters. The van der Waals surface area contributed by atoms with E-state index in [4.69, 9.17) is 0 Å². The zero-order valence-corrected chi connectivity index (χ0v) is 11.9. The highest BCUT2D eigenvalue weighted by atomic mass is 32.2. The number of rotatable bonds is 5. The molecule has 1 aliphatic rings. The van der Waals surface area contributed by atoms with Crippen molar-refractivity contribution in [1.29, 1.82) is 0 Å². The molecule has 5 nitrogen and oxygen atoms in total. The van der Waals surface area contributed by atoms with Gasteiger partial charge in [0.05, 0.1) is 4.90 Å². The maximum Gasteiger partial charge on any atom is 0.341 e. The van der Waals surface area contributed by atoms with Crippen LogP contribution in [0.2, 0.25) is 0 Å². The quantitative estimate of drug-likeness (QED) is 0.871. The molecule has 1 aliphatic carbocycles. The summed E-state index contributed by atoms with van der Waals surface area (Å²) in [6.45, 7) is 0. The Bertz CT molecular complexity index is 622. The summed E-state index contributed by atoms with van der Waals surface area (Å²) in [4.78, 5) is 10.9. The number of anilines is 1. The van der Waals surface area contributed by atoms with Gasteiger partial charge in [0.2, 0.25) is 9.84 Å². The monoisotopic (exact) mass is 319 g/mol. The third-order valence-electron chi connectivity index (χ3n) is 3.67. The Balaban J connectivity index is 2.22. The van der Waals surface area contributed by atoms with E-state index in [1.807, 2.05) is 0 Å². The zero-order chi connectivity index (χ0) is 15.7. The molecule has 0 saturated heterocycles. The summed E-state index contributed by atoms with van der Waals surface area (Å²) in [5.41, 5.74) is -0.671. The maximum absolute atomic E-state index is 12.4. The van der Waals surface area contributed by atoms with E-state index in [1.54, 1.807) is 0 Å². The van der Waals surface area contributed by atoms with Gasteiger partial charge in [-0.1, -0.05) is 12.8 Å². The lowest BCUT2D eigenvalue weighted by molar-refractivity contribution is -0.142. The molecular weight excluding hydrogens is 304 g/mol. The van der Waals surface area contributed by atoms with Crippen LogP contribution in [0.4, 0.5) is 14.5 Å². The Labute approximate surface area is 120 Å². The first-order valence-corrected chi connectivity index (χ1v) is 7.96. The number of sulfone groups is 1. The van der Waals surface area contributed by atoms with Crippen LogP contribution < -0.4 is 5.32 Å². The molecule has 8 heteroatoms. The number of halogens is 2. The number of hydrogen-bond donors (Lipinski definition) is 2. The van der Waals surface area contributed by atoms with E-state index in [0.29, 0.717) is 18.5 Å². The van der Waals surface area contributed by atoms with Gasteiger partial charge >= 0.3 is 11.7 Å². The van der Waals surface area contributed by atoms with Crippen molar-refractivity contribution in [3.63, 3.8) is 0 Å². The van der Waals surface area contributed by atoms with Crippen LogP contribution in [-0.4, -0.2) is 30.8 Å². The Morgan fingerprint density at radius 3 is 2.14 bits per heavy atom. The predicted molar refractivity (Wildman–Crippen MR) is 72.1 cm³/mol. The van der Waals surface area contributed by atoms with Crippen molar-refractivity contribution < 1.29 is 27.1 Å². The summed E-state index contributed by atoms with van der Waals surface area (Å²) in [5, 5.41) is 12.2. The molecule has 21 heavy (non-hydrogen) atoms. The van der Waals surface area contributed by atoms with Gasteiger partial charge in [-0.2, -0.15) is 8.78 Å². The van der Waals surface area contributed by atoms with Crippen LogP contribution in [0, 0.1) is 0 Å². The van der Waals surface area contributed by atoms with Gasteiger partial charge in [0.25, 0.3) is 0 Å². The number of benzene rings is 1. The van der Waals surface area contributed by atoms with E-state index in [0.717, 1.165) is 25.0 Å². The van der Waals surface area contributed by atoms with Crippen molar-refractivity contribution in [2.75, 3.05) is 5.32 Å². The van der Waals surface area contributed by atoms with Crippen LogP contribution in [0.25, 0.3) is 0 Å². The van der Waals surface area contributed by atoms with Crippen LogP contribution in [0.3, 0.4) is 0 Å². The van der Waals surface area contributed by atoms with Crippen molar-refractivity contribution in [2.24, 2.45) is 0 Å². The molecule has 1 aromatic carbocycles. The summed E-state index contributed by atoms with van der Waals surface area (Å²) in [6.07, 6.45) is 2.52. The largest absolute Gasteiger partial charge is 0.480 e. The molecule has 0 radical (unpaired) electrons. The summed E-state index contributed by atoms with van der Waals surface area (Å²) in [6, 6.07) is 4.71. The average Bonchev–Trinajstić information content (AvgIpc) is 2.89. The van der Waals surface area contributed by atoms with Gasteiger partial charge in [-0.3, -0.25) is 0 Å². The number of nitrogens with one attached hydrogen (secondary N) is 1. The van der Waals surface area contributed by atoms with Crippen molar-refractivity contribution in [3.05, 3.63) is 24.3 Å². The van der Waals surface area contributed by atoms with E-state index in [2.05, 4.69) is 5.32 Å². The van der Waals surface area contributed by atoms with Crippen molar-refractivity contribution in [3.8, 4) is 0 Å². The third kappa shape index (κ3) is 2.99. The average molecular weight is 319 g/mol. The molecule has 1 aromatic rings. The molecule has 0 amide bonds. The fourth-order valence-corrected chi connectivity index (χ4v) is 3.20. The molecule has 2 N–H and O–H groups in total. The molecule has 0 aliphatic heterocycles. The van der Waals surface area contributed by atoms with Crippen molar-refractivity contribution >= 4 is 21.5 Å². The van der Waals surface area contributed by atoms with Crippen LogP contribution in [-0.2, 0) is 14.6 Å². The second kappa shape index (κ2) is 5.59. The van der Waals surface area contributed by atoms with Gasteiger partial charge in [-0.25, -0.2) is 13.2 Å². The lowest BCUT2D eigenvalue weighted by Gasteiger charge is -2.26. The van der Waals surface area contributed by atoms with E-state index in [9.17, 15) is 27.1 Å². The van der Waals surface area contributed by atoms with Crippen LogP contribution >= 0.6 is 0 Å². The highest BCUT2D eigenvalue weighted by molar-refractivity contribution is 7.91. The molecule has 116 valence electrons. The van der Waals surface area contributed by atoms with Gasteiger partial charge in [0.1, 0.15) is 5.54 Å². The summed E-state index contributed by atoms with van der Waals surface area (Å²) >= 11 is 0. The first kappa shape index (κ1) is 15.7. The summed E-state index contributed by atoms with van der Waals surface area (Å²) < 4.78 is 47.4. The zero-order valence-electron chi connectivity index (χ0n) is 11.1. The van der Waals surface area contributed by atoms with Crippen molar-refractivity contribution in [1.82, 2.24) is 0 Å². The van der Waals surface area contributed by atoms with Gasteiger partial charge < -0.3 is 10.4 Å². The maximum atomic E-state index is 12.4. The predicted octanol–water partition coefficient (Wildman–Crippen LogP) is 2.49. The molecule has 0 heterocycles. The highest BCUT2D eigenvalue weighted by Crippen LogP contribution is 2.33. The standard InChI is InChI=1S/C13H15F2NO4S/c14-12(15)21(19,20)10-5-3-9(4-6-10)16-13(11(17)18)7-1-2-8-13/h3-6,12,16H,1-2,7-8H2,(H,17,18). The Morgan fingerprint density at radius 1 is 1.19 bits per heavy atom. The number of alkyl halides is 2. The second-order valence-corrected chi connectivity index (χ2v) is 6.97.